The van der Waals surface area contributed by atoms with Gasteiger partial charge in [0.25, 0.3) is 0 Å². The van der Waals surface area contributed by atoms with E-state index in [2.05, 4.69) is 22.5 Å². The molecular weight excluding hydrogens is 274 g/mol. The lowest BCUT2D eigenvalue weighted by atomic mass is 10.2. The Hall–Kier alpha value is -1.40. The van der Waals surface area contributed by atoms with Crippen molar-refractivity contribution in [2.75, 3.05) is 18.4 Å². The Kier molecular flexibility index (Phi) is 3.76. The van der Waals surface area contributed by atoms with Crippen LogP contribution in [0.3, 0.4) is 0 Å². The standard InChI is InChI=1S/C14H19N3O2S/c18-20(19,17-9-3-4-10-17)13-7-8-14(15-11-13)16-12-5-1-2-6-12/h1-2,7-8,11-12H,3-6,9-10H2,(H,15,16). The summed E-state index contributed by atoms with van der Waals surface area (Å²) in [6.45, 7) is 1.24. The van der Waals surface area contributed by atoms with E-state index in [1.807, 2.05) is 0 Å². The van der Waals surface area contributed by atoms with Gasteiger partial charge < -0.3 is 5.32 Å². The van der Waals surface area contributed by atoms with Crippen LogP contribution in [0, 0.1) is 0 Å². The monoisotopic (exact) mass is 293 g/mol. The SMILES string of the molecule is O=S(=O)(c1ccc(NC2CC=CC2)nc1)N1CCCC1. The van der Waals surface area contributed by atoms with Gasteiger partial charge in [-0.25, -0.2) is 13.4 Å². The predicted octanol–water partition coefficient (Wildman–Crippen LogP) is 2.00. The summed E-state index contributed by atoms with van der Waals surface area (Å²) in [4.78, 5) is 4.52. The number of nitrogens with one attached hydrogen (secondary N) is 1. The van der Waals surface area contributed by atoms with Crippen LogP contribution in [0.4, 0.5) is 5.82 Å². The molecule has 1 saturated heterocycles. The second-order valence-corrected chi connectivity index (χ2v) is 7.21. The molecule has 0 aromatic carbocycles. The van der Waals surface area contributed by atoms with Gasteiger partial charge in [-0.15, -0.1) is 0 Å². The van der Waals surface area contributed by atoms with E-state index in [1.165, 1.54) is 10.5 Å². The van der Waals surface area contributed by atoms with Gasteiger partial charge in [0.15, 0.2) is 0 Å². The van der Waals surface area contributed by atoms with E-state index in [1.54, 1.807) is 12.1 Å². The maximum atomic E-state index is 12.3. The van der Waals surface area contributed by atoms with Gasteiger partial charge >= 0.3 is 0 Å². The highest BCUT2D eigenvalue weighted by molar-refractivity contribution is 7.89. The van der Waals surface area contributed by atoms with Crippen molar-refractivity contribution in [1.82, 2.24) is 9.29 Å². The number of sulfonamides is 1. The highest BCUT2D eigenvalue weighted by Crippen LogP contribution is 2.22. The minimum atomic E-state index is -3.35. The molecule has 6 heteroatoms. The summed E-state index contributed by atoms with van der Waals surface area (Å²) in [5, 5.41) is 3.31. The average Bonchev–Trinajstić information content (AvgIpc) is 3.12. The lowest BCUT2D eigenvalue weighted by Crippen LogP contribution is -2.28. The van der Waals surface area contributed by atoms with Crippen LogP contribution in [0.5, 0.6) is 0 Å². The summed E-state index contributed by atoms with van der Waals surface area (Å²) < 4.78 is 26.2. The van der Waals surface area contributed by atoms with E-state index in [0.29, 0.717) is 19.1 Å². The number of hydrogen-bond acceptors (Lipinski definition) is 4. The van der Waals surface area contributed by atoms with Gasteiger partial charge in [0, 0.05) is 25.3 Å². The fourth-order valence-electron chi connectivity index (χ4n) is 2.64. The number of rotatable bonds is 4. The van der Waals surface area contributed by atoms with Gasteiger partial charge in [0.2, 0.25) is 10.0 Å². The molecule has 1 N–H and O–H groups in total. The minimum absolute atomic E-state index is 0.287. The van der Waals surface area contributed by atoms with Crippen LogP contribution in [0.25, 0.3) is 0 Å². The molecule has 2 aliphatic rings. The van der Waals surface area contributed by atoms with Gasteiger partial charge in [-0.05, 0) is 37.8 Å². The van der Waals surface area contributed by atoms with Crippen molar-refractivity contribution in [3.8, 4) is 0 Å². The number of pyridine rings is 1. The van der Waals surface area contributed by atoms with E-state index < -0.39 is 10.0 Å². The molecule has 1 aliphatic heterocycles. The van der Waals surface area contributed by atoms with E-state index in [9.17, 15) is 8.42 Å². The van der Waals surface area contributed by atoms with Crippen LogP contribution >= 0.6 is 0 Å². The highest BCUT2D eigenvalue weighted by atomic mass is 32.2. The number of nitrogens with zero attached hydrogens (tertiary/aromatic N) is 2. The van der Waals surface area contributed by atoms with Crippen molar-refractivity contribution < 1.29 is 8.42 Å². The molecular formula is C14H19N3O2S. The van der Waals surface area contributed by atoms with E-state index in [-0.39, 0.29) is 4.90 Å². The molecule has 3 rings (SSSR count). The van der Waals surface area contributed by atoms with Crippen LogP contribution < -0.4 is 5.32 Å². The molecule has 1 aliphatic carbocycles. The normalized spacial score (nSPS) is 20.6. The Bertz CT molecular complexity index is 581. The molecule has 2 heterocycles. The van der Waals surface area contributed by atoms with E-state index in [0.717, 1.165) is 31.5 Å². The lowest BCUT2D eigenvalue weighted by Gasteiger charge is -2.16. The molecule has 0 radical (unpaired) electrons. The van der Waals surface area contributed by atoms with Crippen molar-refractivity contribution in [2.24, 2.45) is 0 Å². The average molecular weight is 293 g/mol. The lowest BCUT2D eigenvalue weighted by molar-refractivity contribution is 0.477. The van der Waals surface area contributed by atoms with Crippen LogP contribution in [-0.2, 0) is 10.0 Å². The van der Waals surface area contributed by atoms with E-state index >= 15 is 0 Å². The first kappa shape index (κ1) is 13.6. The van der Waals surface area contributed by atoms with Gasteiger partial charge in [-0.2, -0.15) is 4.31 Å². The maximum Gasteiger partial charge on any atom is 0.244 e. The maximum absolute atomic E-state index is 12.3. The second-order valence-electron chi connectivity index (χ2n) is 5.27. The van der Waals surface area contributed by atoms with Crippen LogP contribution in [0.1, 0.15) is 25.7 Å². The molecule has 108 valence electrons. The van der Waals surface area contributed by atoms with Gasteiger partial charge in [-0.1, -0.05) is 12.2 Å². The molecule has 0 unspecified atom stereocenters. The molecule has 5 nitrogen and oxygen atoms in total. The third kappa shape index (κ3) is 2.71. The summed E-state index contributed by atoms with van der Waals surface area (Å²) in [5.41, 5.74) is 0. The first-order chi connectivity index (χ1) is 9.66. The van der Waals surface area contributed by atoms with Crippen LogP contribution in [-0.4, -0.2) is 36.8 Å². The van der Waals surface area contributed by atoms with Crippen molar-refractivity contribution in [3.63, 3.8) is 0 Å². The molecule has 0 amide bonds. The van der Waals surface area contributed by atoms with Crippen LogP contribution in [0.2, 0.25) is 0 Å². The largest absolute Gasteiger partial charge is 0.367 e. The number of aromatic nitrogens is 1. The highest BCUT2D eigenvalue weighted by Gasteiger charge is 2.27. The fraction of sp³-hybridized carbons (Fsp3) is 0.500. The van der Waals surface area contributed by atoms with Crippen molar-refractivity contribution in [3.05, 3.63) is 30.5 Å². The third-order valence-electron chi connectivity index (χ3n) is 3.80. The van der Waals surface area contributed by atoms with Gasteiger partial charge in [0.1, 0.15) is 10.7 Å². The first-order valence-electron chi connectivity index (χ1n) is 7.04. The first-order valence-corrected chi connectivity index (χ1v) is 8.48. The van der Waals surface area contributed by atoms with Crippen molar-refractivity contribution >= 4 is 15.8 Å². The summed E-state index contributed by atoms with van der Waals surface area (Å²) in [6, 6.07) is 3.77. The Balaban J connectivity index is 1.71. The number of hydrogen-bond donors (Lipinski definition) is 1. The smallest absolute Gasteiger partial charge is 0.244 e. The molecule has 0 saturated carbocycles. The molecule has 0 atom stereocenters. The molecule has 1 aromatic rings. The van der Waals surface area contributed by atoms with Crippen LogP contribution in [0.15, 0.2) is 35.4 Å². The van der Waals surface area contributed by atoms with E-state index in [4.69, 9.17) is 0 Å². The zero-order valence-corrected chi connectivity index (χ0v) is 12.1. The molecule has 0 spiro atoms. The third-order valence-corrected chi connectivity index (χ3v) is 5.68. The second kappa shape index (κ2) is 5.54. The Morgan fingerprint density at radius 1 is 1.15 bits per heavy atom. The summed E-state index contributed by atoms with van der Waals surface area (Å²) in [7, 11) is -3.35. The quantitative estimate of drug-likeness (QED) is 0.863. The zero-order valence-electron chi connectivity index (χ0n) is 11.3. The van der Waals surface area contributed by atoms with Gasteiger partial charge in [0.05, 0.1) is 0 Å². The molecule has 1 aromatic heterocycles. The number of anilines is 1. The zero-order chi connectivity index (χ0) is 14.0. The summed E-state index contributed by atoms with van der Waals surface area (Å²) in [5.74, 6) is 0.735. The van der Waals surface area contributed by atoms with Gasteiger partial charge in [-0.3, -0.25) is 0 Å². The molecule has 1 fully saturated rings. The van der Waals surface area contributed by atoms with Crippen molar-refractivity contribution in [2.45, 2.75) is 36.6 Å². The summed E-state index contributed by atoms with van der Waals surface area (Å²) >= 11 is 0. The molecule has 0 bridgehead atoms. The minimum Gasteiger partial charge on any atom is -0.367 e. The Morgan fingerprint density at radius 2 is 1.85 bits per heavy atom. The molecule has 20 heavy (non-hydrogen) atoms. The Morgan fingerprint density at radius 3 is 2.45 bits per heavy atom. The fourth-order valence-corrected chi connectivity index (χ4v) is 4.10. The Labute approximate surface area is 119 Å². The topological polar surface area (TPSA) is 62.3 Å². The van der Waals surface area contributed by atoms with Crippen molar-refractivity contribution in [1.29, 1.82) is 0 Å². The summed E-state index contributed by atoms with van der Waals surface area (Å²) in [6.07, 6.45) is 9.62. The predicted molar refractivity (Wildman–Crippen MR) is 78.0 cm³/mol.